The van der Waals surface area contributed by atoms with Crippen LogP contribution in [0.5, 0.6) is 0 Å². The van der Waals surface area contributed by atoms with Gasteiger partial charge in [-0.2, -0.15) is 4.37 Å². The van der Waals surface area contributed by atoms with Crippen molar-refractivity contribution in [3.8, 4) is 0 Å². The van der Waals surface area contributed by atoms with E-state index in [4.69, 9.17) is 0 Å². The van der Waals surface area contributed by atoms with Crippen LogP contribution in [0.3, 0.4) is 0 Å². The highest BCUT2D eigenvalue weighted by molar-refractivity contribution is 7.89. The van der Waals surface area contributed by atoms with E-state index in [-0.39, 0.29) is 0 Å². The van der Waals surface area contributed by atoms with E-state index in [0.717, 1.165) is 34.3 Å². The van der Waals surface area contributed by atoms with E-state index >= 15 is 0 Å². The van der Waals surface area contributed by atoms with Crippen LogP contribution >= 0.6 is 11.5 Å². The molecule has 0 saturated carbocycles. The highest BCUT2D eigenvalue weighted by atomic mass is 32.2. The molecule has 0 bridgehead atoms. The molecule has 0 radical (unpaired) electrons. The Morgan fingerprint density at radius 1 is 1.04 bits per heavy atom. The van der Waals surface area contributed by atoms with E-state index in [9.17, 15) is 8.42 Å². The Kier molecular flexibility index (Phi) is 6.24. The van der Waals surface area contributed by atoms with Crippen LogP contribution in [0.1, 0.15) is 25.3 Å². The molecule has 2 N–H and O–H groups in total. The second kappa shape index (κ2) is 8.62. The topological polar surface area (TPSA) is 71.1 Å². The fraction of sp³-hybridized carbons (Fsp3) is 0.316. The highest BCUT2D eigenvalue weighted by Gasteiger charge is 2.13. The molecule has 0 aliphatic rings. The molecular weight excluding hydrogens is 366 g/mol. The van der Waals surface area contributed by atoms with Crippen LogP contribution in [0.15, 0.2) is 53.4 Å². The Bertz CT molecular complexity index is 950. The van der Waals surface area contributed by atoms with Gasteiger partial charge in [0.15, 0.2) is 0 Å². The number of anilines is 1. The first-order valence-corrected chi connectivity index (χ1v) is 11.0. The van der Waals surface area contributed by atoms with Gasteiger partial charge in [0, 0.05) is 18.5 Å². The van der Waals surface area contributed by atoms with Crippen LogP contribution in [0.2, 0.25) is 0 Å². The molecule has 0 aliphatic heterocycles. The van der Waals surface area contributed by atoms with Gasteiger partial charge in [0.1, 0.15) is 5.82 Å². The van der Waals surface area contributed by atoms with Crippen LogP contribution in [0.4, 0.5) is 5.82 Å². The summed E-state index contributed by atoms with van der Waals surface area (Å²) in [5, 5.41) is 4.38. The molecule has 0 atom stereocenters. The maximum Gasteiger partial charge on any atom is 0.240 e. The Balaban J connectivity index is 1.48. The number of fused-ring (bicyclic) bond motifs is 1. The molecule has 0 fully saturated rings. The van der Waals surface area contributed by atoms with Gasteiger partial charge in [-0.15, -0.1) is 0 Å². The minimum absolute atomic E-state index is 0.316. The third-order valence-electron chi connectivity index (χ3n) is 4.09. The van der Waals surface area contributed by atoms with Crippen LogP contribution in [-0.2, 0) is 16.4 Å². The first-order valence-electron chi connectivity index (χ1n) is 8.77. The number of aromatic nitrogens is 1. The van der Waals surface area contributed by atoms with Gasteiger partial charge in [-0.3, -0.25) is 0 Å². The van der Waals surface area contributed by atoms with Crippen molar-refractivity contribution in [2.24, 2.45) is 0 Å². The second-order valence-corrected chi connectivity index (χ2v) is 8.67. The lowest BCUT2D eigenvalue weighted by atomic mass is 10.1. The van der Waals surface area contributed by atoms with E-state index in [1.807, 2.05) is 36.4 Å². The summed E-state index contributed by atoms with van der Waals surface area (Å²) >= 11 is 1.46. The van der Waals surface area contributed by atoms with Gasteiger partial charge in [0.05, 0.1) is 9.60 Å². The molecule has 2 aromatic carbocycles. The van der Waals surface area contributed by atoms with E-state index in [1.54, 1.807) is 12.1 Å². The maximum atomic E-state index is 12.3. The predicted molar refractivity (Wildman–Crippen MR) is 108 cm³/mol. The van der Waals surface area contributed by atoms with Crippen molar-refractivity contribution in [1.82, 2.24) is 9.10 Å². The van der Waals surface area contributed by atoms with E-state index < -0.39 is 10.0 Å². The van der Waals surface area contributed by atoms with Crippen LogP contribution < -0.4 is 10.0 Å². The van der Waals surface area contributed by atoms with Crippen molar-refractivity contribution in [2.75, 3.05) is 18.4 Å². The number of hydrogen-bond acceptors (Lipinski definition) is 5. The molecule has 7 heteroatoms. The fourth-order valence-corrected chi connectivity index (χ4v) is 4.55. The van der Waals surface area contributed by atoms with Crippen molar-refractivity contribution in [3.05, 3.63) is 54.1 Å². The van der Waals surface area contributed by atoms with Crippen molar-refractivity contribution >= 4 is 37.5 Å². The summed E-state index contributed by atoms with van der Waals surface area (Å²) in [5.74, 6) is 0.861. The van der Waals surface area contributed by atoms with Crippen LogP contribution in [-0.4, -0.2) is 25.9 Å². The molecule has 0 saturated heterocycles. The first-order chi connectivity index (χ1) is 12.6. The Morgan fingerprint density at radius 2 is 1.81 bits per heavy atom. The third-order valence-corrected chi connectivity index (χ3v) is 6.39. The molecule has 138 valence electrons. The summed E-state index contributed by atoms with van der Waals surface area (Å²) in [6, 6.07) is 15.2. The zero-order valence-electron chi connectivity index (χ0n) is 14.7. The summed E-state index contributed by atoms with van der Waals surface area (Å²) in [5.41, 5.74) is 1.16. The standard InChI is InChI=1S/C19H23N3O2S2/c1-2-6-15-9-11-16(12-10-15)26(23,24)21-14-5-13-20-19-17-7-3-4-8-18(17)25-22-19/h3-4,7-12,21H,2,5-6,13-14H2,1H3,(H,20,22). The Labute approximate surface area is 158 Å². The fourth-order valence-electron chi connectivity index (χ4n) is 2.72. The van der Waals surface area contributed by atoms with Crippen LogP contribution in [0.25, 0.3) is 10.1 Å². The van der Waals surface area contributed by atoms with Gasteiger partial charge in [-0.05, 0) is 54.2 Å². The number of nitrogens with zero attached hydrogens (tertiary/aromatic N) is 1. The molecule has 0 aliphatic carbocycles. The lowest BCUT2D eigenvalue weighted by Crippen LogP contribution is -2.26. The van der Waals surface area contributed by atoms with Gasteiger partial charge in [0.25, 0.3) is 0 Å². The molecule has 0 unspecified atom stereocenters. The first kappa shape index (κ1) is 18.8. The smallest absolute Gasteiger partial charge is 0.240 e. The summed E-state index contributed by atoms with van der Waals surface area (Å²) < 4.78 is 32.9. The van der Waals surface area contributed by atoms with Crippen LogP contribution in [0, 0.1) is 0 Å². The number of nitrogens with one attached hydrogen (secondary N) is 2. The van der Waals surface area contributed by atoms with E-state index in [0.29, 0.717) is 24.4 Å². The average Bonchev–Trinajstić information content (AvgIpc) is 3.05. The number of hydrogen-bond donors (Lipinski definition) is 2. The summed E-state index contributed by atoms with van der Waals surface area (Å²) in [4.78, 5) is 0.316. The molecule has 3 aromatic rings. The summed E-state index contributed by atoms with van der Waals surface area (Å²) in [7, 11) is -3.45. The quantitative estimate of drug-likeness (QED) is 0.542. The number of sulfonamides is 1. The Morgan fingerprint density at radius 3 is 2.58 bits per heavy atom. The molecule has 0 amide bonds. The average molecular weight is 390 g/mol. The molecule has 5 nitrogen and oxygen atoms in total. The lowest BCUT2D eigenvalue weighted by Gasteiger charge is -2.08. The predicted octanol–water partition coefficient (Wildman–Crippen LogP) is 4.03. The van der Waals surface area contributed by atoms with E-state index in [2.05, 4.69) is 21.3 Å². The normalized spacial score (nSPS) is 11.7. The van der Waals surface area contributed by atoms with Gasteiger partial charge in [0.2, 0.25) is 10.0 Å². The third kappa shape index (κ3) is 4.60. The molecular formula is C19H23N3O2S2. The molecule has 0 spiro atoms. The van der Waals surface area contributed by atoms with Gasteiger partial charge in [-0.1, -0.05) is 37.6 Å². The van der Waals surface area contributed by atoms with E-state index in [1.165, 1.54) is 11.5 Å². The zero-order valence-corrected chi connectivity index (χ0v) is 16.4. The van der Waals surface area contributed by atoms with Crippen molar-refractivity contribution in [1.29, 1.82) is 0 Å². The van der Waals surface area contributed by atoms with Gasteiger partial charge in [-0.25, -0.2) is 13.1 Å². The molecule has 1 aromatic heterocycles. The lowest BCUT2D eigenvalue weighted by molar-refractivity contribution is 0.580. The number of benzene rings is 2. The number of aryl methyl sites for hydroxylation is 1. The van der Waals surface area contributed by atoms with Gasteiger partial charge < -0.3 is 5.32 Å². The summed E-state index contributed by atoms with van der Waals surface area (Å²) in [6.45, 7) is 3.15. The molecule has 3 rings (SSSR count). The largest absolute Gasteiger partial charge is 0.369 e. The molecule has 26 heavy (non-hydrogen) atoms. The Hall–Kier alpha value is -1.96. The molecule has 1 heterocycles. The van der Waals surface area contributed by atoms with Gasteiger partial charge >= 0.3 is 0 Å². The monoisotopic (exact) mass is 389 g/mol. The van der Waals surface area contributed by atoms with Crippen molar-refractivity contribution in [2.45, 2.75) is 31.1 Å². The second-order valence-electron chi connectivity index (χ2n) is 6.10. The minimum atomic E-state index is -3.45. The zero-order chi connectivity index (χ0) is 18.4. The minimum Gasteiger partial charge on any atom is -0.369 e. The summed E-state index contributed by atoms with van der Waals surface area (Å²) in [6.07, 6.45) is 2.69. The van der Waals surface area contributed by atoms with Crippen molar-refractivity contribution < 1.29 is 8.42 Å². The van der Waals surface area contributed by atoms with Crippen molar-refractivity contribution in [3.63, 3.8) is 0 Å². The number of rotatable bonds is 9. The maximum absolute atomic E-state index is 12.3. The SMILES string of the molecule is CCCc1ccc(S(=O)(=O)NCCCNc2nsc3ccccc23)cc1. The highest BCUT2D eigenvalue weighted by Crippen LogP contribution is 2.25.